The van der Waals surface area contributed by atoms with E-state index in [-0.39, 0.29) is 41.1 Å². The van der Waals surface area contributed by atoms with Crippen molar-refractivity contribution in [2.75, 3.05) is 20.2 Å². The lowest BCUT2D eigenvalue weighted by Crippen LogP contribution is -2.34. The van der Waals surface area contributed by atoms with Crippen LogP contribution in [0.5, 0.6) is 5.75 Å². The van der Waals surface area contributed by atoms with Gasteiger partial charge < -0.3 is 19.9 Å². The fraction of sp³-hybridized carbons (Fsp3) is 0.158. The van der Waals surface area contributed by atoms with Crippen LogP contribution in [0.3, 0.4) is 0 Å². The highest BCUT2D eigenvalue weighted by molar-refractivity contribution is 6.32. The van der Waals surface area contributed by atoms with Gasteiger partial charge in [-0.15, -0.1) is 0 Å². The Hall–Kier alpha value is -3.70. The lowest BCUT2D eigenvalue weighted by molar-refractivity contribution is -0.384. The summed E-state index contributed by atoms with van der Waals surface area (Å²) in [4.78, 5) is 38.6. The summed E-state index contributed by atoms with van der Waals surface area (Å²) in [6.45, 7) is 0.0859. The number of aromatic nitrogens is 2. The van der Waals surface area contributed by atoms with Crippen molar-refractivity contribution < 1.29 is 23.8 Å². The molecule has 1 aromatic heterocycles. The molecule has 2 aromatic carbocycles. The van der Waals surface area contributed by atoms with Gasteiger partial charge in [0, 0.05) is 29.7 Å². The largest absolute Gasteiger partial charge is 0.496 e. The van der Waals surface area contributed by atoms with Gasteiger partial charge in [0.15, 0.2) is 0 Å². The summed E-state index contributed by atoms with van der Waals surface area (Å²) in [7, 11) is 1.47. The third-order valence-electron chi connectivity index (χ3n) is 4.12. The van der Waals surface area contributed by atoms with Crippen LogP contribution in [0.1, 0.15) is 21.0 Å². The lowest BCUT2D eigenvalue weighted by Gasteiger charge is -2.06. The highest BCUT2D eigenvalue weighted by atomic mass is 35.5. The molecule has 2 N–H and O–H groups in total. The van der Waals surface area contributed by atoms with Crippen LogP contribution in [0.25, 0.3) is 11.4 Å². The number of benzene rings is 2. The number of amides is 2. The molecule has 2 amide bonds. The fourth-order valence-corrected chi connectivity index (χ4v) is 2.96. The molecule has 0 spiro atoms. The van der Waals surface area contributed by atoms with Gasteiger partial charge in [0.05, 0.1) is 17.6 Å². The first kappa shape index (κ1) is 23.0. The van der Waals surface area contributed by atoms with Crippen LogP contribution in [-0.4, -0.2) is 47.1 Å². The fourth-order valence-electron chi connectivity index (χ4n) is 2.60. The van der Waals surface area contributed by atoms with Crippen molar-refractivity contribution in [3.8, 4) is 17.1 Å². The highest BCUT2D eigenvalue weighted by Gasteiger charge is 2.19. The molecule has 1 heterocycles. The summed E-state index contributed by atoms with van der Waals surface area (Å²) >= 11 is 11.7. The maximum atomic E-state index is 12.2. The average molecular weight is 480 g/mol. The van der Waals surface area contributed by atoms with E-state index in [1.54, 1.807) is 18.2 Å². The minimum Gasteiger partial charge on any atom is -0.496 e. The zero-order valence-electron chi connectivity index (χ0n) is 16.4. The van der Waals surface area contributed by atoms with E-state index in [1.807, 2.05) is 0 Å². The van der Waals surface area contributed by atoms with Gasteiger partial charge in [0.1, 0.15) is 10.8 Å². The number of ether oxygens (including phenoxy) is 1. The molecule has 32 heavy (non-hydrogen) atoms. The zero-order valence-corrected chi connectivity index (χ0v) is 17.9. The van der Waals surface area contributed by atoms with Gasteiger partial charge in [-0.05, 0) is 30.3 Å². The maximum absolute atomic E-state index is 12.2. The average Bonchev–Trinajstić information content (AvgIpc) is 3.26. The molecule has 13 heteroatoms. The molecule has 3 aromatic rings. The number of methoxy groups -OCH3 is 1. The number of nitrogens with one attached hydrogen (secondary N) is 2. The number of hydrogen-bond donors (Lipinski definition) is 2. The SMILES string of the molecule is COc1ccc(Cl)cc1-c1noc(C(=O)NCCNC(=O)c2ccc(Cl)c([N+](=O)[O-])c2)n1. The Labute approximate surface area is 190 Å². The molecule has 0 fully saturated rings. The molecular weight excluding hydrogens is 465 g/mol. The molecule has 0 aliphatic rings. The van der Waals surface area contributed by atoms with E-state index in [0.717, 1.165) is 6.07 Å². The standard InChI is InChI=1S/C19H15Cl2N5O6/c1-31-15-5-3-11(20)9-12(15)16-24-19(32-25-16)18(28)23-7-6-22-17(27)10-2-4-13(21)14(8-10)26(29)30/h2-5,8-9H,6-7H2,1H3,(H,22,27)(H,23,28). The minimum atomic E-state index is -0.684. The van der Waals surface area contributed by atoms with E-state index in [0.29, 0.717) is 16.3 Å². The van der Waals surface area contributed by atoms with E-state index in [2.05, 4.69) is 20.8 Å². The Bertz CT molecular complexity index is 1180. The lowest BCUT2D eigenvalue weighted by atomic mass is 10.2. The van der Waals surface area contributed by atoms with Gasteiger partial charge in [-0.1, -0.05) is 28.4 Å². The summed E-state index contributed by atoms with van der Waals surface area (Å²) in [6.07, 6.45) is 0. The van der Waals surface area contributed by atoms with Crippen molar-refractivity contribution in [3.63, 3.8) is 0 Å². The second-order valence-electron chi connectivity index (χ2n) is 6.20. The number of carbonyl (C=O) groups is 2. The van der Waals surface area contributed by atoms with Crippen LogP contribution in [0, 0.1) is 10.1 Å². The monoisotopic (exact) mass is 479 g/mol. The van der Waals surface area contributed by atoms with Gasteiger partial charge in [-0.2, -0.15) is 4.98 Å². The van der Waals surface area contributed by atoms with Gasteiger partial charge in [-0.3, -0.25) is 19.7 Å². The molecule has 166 valence electrons. The van der Waals surface area contributed by atoms with E-state index in [1.165, 1.54) is 19.2 Å². The van der Waals surface area contributed by atoms with Crippen molar-refractivity contribution in [1.82, 2.24) is 20.8 Å². The van der Waals surface area contributed by atoms with Crippen LogP contribution in [0.4, 0.5) is 5.69 Å². The van der Waals surface area contributed by atoms with Crippen molar-refractivity contribution in [3.05, 3.63) is 68.0 Å². The minimum absolute atomic E-state index is 0.0401. The van der Waals surface area contributed by atoms with Crippen molar-refractivity contribution >= 4 is 40.7 Å². The summed E-state index contributed by atoms with van der Waals surface area (Å²) in [6, 6.07) is 8.52. The Morgan fingerprint density at radius 3 is 2.53 bits per heavy atom. The molecule has 0 aliphatic heterocycles. The van der Waals surface area contributed by atoms with Crippen LogP contribution in [-0.2, 0) is 0 Å². The maximum Gasteiger partial charge on any atom is 0.316 e. The van der Waals surface area contributed by atoms with E-state index in [4.69, 9.17) is 32.5 Å². The Kier molecular flexibility index (Phi) is 7.23. The van der Waals surface area contributed by atoms with E-state index < -0.39 is 16.7 Å². The predicted molar refractivity (Wildman–Crippen MR) is 114 cm³/mol. The zero-order chi connectivity index (χ0) is 23.3. The number of nitro benzene ring substituents is 1. The number of nitro groups is 1. The topological polar surface area (TPSA) is 149 Å². The Balaban J connectivity index is 1.55. The van der Waals surface area contributed by atoms with Crippen molar-refractivity contribution in [2.24, 2.45) is 0 Å². The molecule has 11 nitrogen and oxygen atoms in total. The molecule has 0 saturated heterocycles. The molecule has 0 saturated carbocycles. The van der Waals surface area contributed by atoms with Gasteiger partial charge >= 0.3 is 11.8 Å². The summed E-state index contributed by atoms with van der Waals surface area (Å²) in [5.74, 6) is -0.936. The van der Waals surface area contributed by atoms with Gasteiger partial charge in [0.2, 0.25) is 5.82 Å². The molecule has 0 aliphatic carbocycles. The first-order valence-corrected chi connectivity index (χ1v) is 9.73. The summed E-state index contributed by atoms with van der Waals surface area (Å²) in [5.41, 5.74) is 0.132. The Morgan fingerprint density at radius 2 is 1.84 bits per heavy atom. The number of rotatable bonds is 8. The van der Waals surface area contributed by atoms with Crippen LogP contribution < -0.4 is 15.4 Å². The van der Waals surface area contributed by atoms with Crippen LogP contribution in [0.2, 0.25) is 10.0 Å². The Morgan fingerprint density at radius 1 is 1.12 bits per heavy atom. The first-order valence-electron chi connectivity index (χ1n) is 8.98. The second-order valence-corrected chi connectivity index (χ2v) is 7.05. The summed E-state index contributed by atoms with van der Waals surface area (Å²) < 4.78 is 10.2. The van der Waals surface area contributed by atoms with E-state index in [9.17, 15) is 19.7 Å². The van der Waals surface area contributed by atoms with Crippen LogP contribution >= 0.6 is 23.2 Å². The van der Waals surface area contributed by atoms with Gasteiger partial charge in [0.25, 0.3) is 11.6 Å². The molecule has 0 atom stereocenters. The normalized spacial score (nSPS) is 10.5. The number of halogens is 2. The highest BCUT2D eigenvalue weighted by Crippen LogP contribution is 2.30. The van der Waals surface area contributed by atoms with Crippen molar-refractivity contribution in [1.29, 1.82) is 0 Å². The predicted octanol–water partition coefficient (Wildman–Crippen LogP) is 3.12. The second kappa shape index (κ2) is 10.1. The number of nitrogens with zero attached hydrogens (tertiary/aromatic N) is 3. The quantitative estimate of drug-likeness (QED) is 0.284. The molecule has 0 bridgehead atoms. The number of carbonyl (C=O) groups excluding carboxylic acids is 2. The first-order chi connectivity index (χ1) is 15.3. The van der Waals surface area contributed by atoms with Gasteiger partial charge in [-0.25, -0.2) is 0 Å². The molecule has 0 unspecified atom stereocenters. The van der Waals surface area contributed by atoms with Crippen molar-refractivity contribution in [2.45, 2.75) is 0 Å². The molecular formula is C19H15Cl2N5O6. The summed E-state index contributed by atoms with van der Waals surface area (Å²) in [5, 5.41) is 20.1. The molecule has 0 radical (unpaired) electrons. The third kappa shape index (κ3) is 5.31. The van der Waals surface area contributed by atoms with E-state index >= 15 is 0 Å². The number of hydrogen-bond acceptors (Lipinski definition) is 8. The third-order valence-corrected chi connectivity index (χ3v) is 4.68. The van der Waals surface area contributed by atoms with Crippen LogP contribution in [0.15, 0.2) is 40.9 Å². The smallest absolute Gasteiger partial charge is 0.316 e. The molecule has 3 rings (SSSR count).